The van der Waals surface area contributed by atoms with Crippen LogP contribution in [0.2, 0.25) is 0 Å². The summed E-state index contributed by atoms with van der Waals surface area (Å²) in [6, 6.07) is 0. The molecule has 0 rings (SSSR count). The molecule has 0 heterocycles. The molecular formula is C22H9N5Pd. The van der Waals surface area contributed by atoms with E-state index in [1.54, 1.807) is 11.8 Å². The van der Waals surface area contributed by atoms with E-state index < -0.39 is 0 Å². The topological polar surface area (TPSA) is 108 Å². The third kappa shape index (κ3) is 49.7. The molecule has 5 nitrogen and oxygen atoms in total. The fraction of sp³-hybridized carbons (Fsp3) is 0.0909. The quantitative estimate of drug-likeness (QED) is 0.153. The van der Waals surface area contributed by atoms with Gasteiger partial charge in [0, 0.05) is 43.0 Å². The number of nitrogens with one attached hydrogen (secondary N) is 1. The second kappa shape index (κ2) is 43.1. The van der Waals surface area contributed by atoms with Crippen LogP contribution in [0, 0.1) is 135 Å². The van der Waals surface area contributed by atoms with Crippen LogP contribution in [-0.4, -0.2) is 0 Å². The molecule has 0 amide bonds. The Hall–Kier alpha value is -5.01. The number of nitrogens with zero attached hydrogens (tertiary/aromatic N) is 4. The first-order valence-corrected chi connectivity index (χ1v) is 5.91. The largest absolute Gasteiger partial charge is 0.108 e. The number of rotatable bonds is 0. The molecule has 0 unspecified atom stereocenters. The Morgan fingerprint density at radius 1 is 0.643 bits per heavy atom. The van der Waals surface area contributed by atoms with Crippen LogP contribution >= 0.6 is 0 Å². The maximum atomic E-state index is 6.86. The normalized spacial score (nSPS) is 3.21. The van der Waals surface area contributed by atoms with Gasteiger partial charge in [-0.05, 0) is 112 Å². The van der Waals surface area contributed by atoms with E-state index in [1.165, 1.54) is 0 Å². The first-order valence-electron chi connectivity index (χ1n) is 5.91. The van der Waals surface area contributed by atoms with Gasteiger partial charge in [-0.3, -0.25) is 0 Å². The van der Waals surface area contributed by atoms with Crippen molar-refractivity contribution in [1.82, 2.24) is 0 Å². The monoisotopic (exact) mass is 449 g/mol. The van der Waals surface area contributed by atoms with Gasteiger partial charge in [0.2, 0.25) is 0 Å². The fourth-order valence-electron chi connectivity index (χ4n) is 0.567. The van der Waals surface area contributed by atoms with Gasteiger partial charge in [0.25, 0.3) is 0 Å². The van der Waals surface area contributed by atoms with E-state index in [1.807, 2.05) is 0 Å². The zero-order valence-electron chi connectivity index (χ0n) is 13.7. The molecule has 0 atom stereocenters. The summed E-state index contributed by atoms with van der Waals surface area (Å²) in [5, 5.41) is 12.0. The first kappa shape index (κ1) is 34.4. The minimum atomic E-state index is 0. The maximum Gasteiger partial charge on any atom is 0 e. The summed E-state index contributed by atoms with van der Waals surface area (Å²) < 4.78 is 0. The molecule has 0 bridgehead atoms. The van der Waals surface area contributed by atoms with Crippen molar-refractivity contribution in [1.29, 1.82) is 16.3 Å². The van der Waals surface area contributed by atoms with E-state index in [9.17, 15) is 0 Å². The van der Waals surface area contributed by atoms with Crippen LogP contribution in [-0.2, 0) is 20.4 Å². The van der Waals surface area contributed by atoms with Gasteiger partial charge in [0.15, 0.2) is 0 Å². The summed E-state index contributed by atoms with van der Waals surface area (Å²) in [6.07, 6.45) is 4.90. The SMILES string of the molecule is C.C#CC#CC#CC#CC#CC#CC#CC#CC#CC#CC.N#N.[N-]=[N+]=N.[Pd]. The van der Waals surface area contributed by atoms with Gasteiger partial charge in [0.05, 0.1) is 0 Å². The third-order valence-corrected chi connectivity index (χ3v) is 1.20. The molecule has 0 saturated carbocycles. The van der Waals surface area contributed by atoms with Crippen LogP contribution in [0.1, 0.15) is 14.4 Å². The van der Waals surface area contributed by atoms with Gasteiger partial charge < -0.3 is 0 Å². The van der Waals surface area contributed by atoms with Crippen molar-refractivity contribution in [3.8, 4) is 119 Å². The van der Waals surface area contributed by atoms with E-state index in [2.05, 4.69) is 112 Å². The van der Waals surface area contributed by atoms with Crippen molar-refractivity contribution in [3.63, 3.8) is 0 Å². The van der Waals surface area contributed by atoms with Gasteiger partial charge in [-0.1, -0.05) is 13.3 Å². The van der Waals surface area contributed by atoms with Crippen molar-refractivity contribution in [2.75, 3.05) is 0 Å². The molecule has 0 aliphatic rings. The maximum absolute atomic E-state index is 6.86. The van der Waals surface area contributed by atoms with Crippen molar-refractivity contribution < 1.29 is 20.4 Å². The standard InChI is InChI=1S/C21H4.CH4.HN3.N2.Pd/c1-3-5-7-9-11-13-15-17-19-21-20-18-16-14-12-10-8-6-4-2;;1-3-2;1-2;/h1H,2H3;1H4;1H;;. The smallest absolute Gasteiger partial charge is 0 e. The Bertz CT molecular complexity index is 1140. The van der Waals surface area contributed by atoms with Crippen LogP contribution in [0.4, 0.5) is 0 Å². The molecule has 0 spiro atoms. The zero-order valence-corrected chi connectivity index (χ0v) is 15.2. The van der Waals surface area contributed by atoms with Crippen molar-refractivity contribution in [3.05, 3.63) is 10.4 Å². The van der Waals surface area contributed by atoms with Gasteiger partial charge in [0.1, 0.15) is 0 Å². The van der Waals surface area contributed by atoms with Crippen LogP contribution in [0.25, 0.3) is 10.4 Å². The van der Waals surface area contributed by atoms with Crippen LogP contribution in [0.3, 0.4) is 0 Å². The minimum Gasteiger partial charge on any atom is -0.108 e. The molecule has 0 aromatic carbocycles. The molecule has 0 saturated heterocycles. The molecule has 0 aliphatic carbocycles. The van der Waals surface area contributed by atoms with Gasteiger partial charge in [-0.2, -0.15) is 0 Å². The molecule has 0 fully saturated rings. The van der Waals surface area contributed by atoms with E-state index in [4.69, 9.17) is 28.3 Å². The Morgan fingerprint density at radius 2 is 0.821 bits per heavy atom. The Labute approximate surface area is 180 Å². The molecule has 0 radical (unpaired) electrons. The van der Waals surface area contributed by atoms with E-state index in [-0.39, 0.29) is 27.8 Å². The Balaban J connectivity index is -0.000000228. The fourth-order valence-corrected chi connectivity index (χ4v) is 0.567. The molecule has 132 valence electrons. The zero-order chi connectivity index (χ0) is 20.1. The average molecular weight is 450 g/mol. The first-order chi connectivity index (χ1) is 12.8. The van der Waals surface area contributed by atoms with Crippen LogP contribution in [0.5, 0.6) is 0 Å². The van der Waals surface area contributed by atoms with E-state index in [0.29, 0.717) is 0 Å². The third-order valence-electron chi connectivity index (χ3n) is 1.20. The van der Waals surface area contributed by atoms with Crippen LogP contribution in [0.15, 0.2) is 0 Å². The average Bonchev–Trinajstić information content (AvgIpc) is 2.66. The summed E-state index contributed by atoms with van der Waals surface area (Å²) in [7, 11) is 0. The number of hydrogen-bond acceptors (Lipinski definition) is 3. The molecule has 0 aromatic rings. The summed E-state index contributed by atoms with van der Waals surface area (Å²) in [5.41, 5.74) is 12.2. The van der Waals surface area contributed by atoms with E-state index in [0.717, 1.165) is 0 Å². The molecule has 0 aliphatic heterocycles. The predicted octanol–water partition coefficient (Wildman–Crippen LogP) is 2.21. The van der Waals surface area contributed by atoms with E-state index >= 15 is 0 Å². The number of hydrogen-bond donors (Lipinski definition) is 1. The second-order valence-corrected chi connectivity index (χ2v) is 2.62. The summed E-state index contributed by atoms with van der Waals surface area (Å²) in [5.74, 6) is 46.9. The summed E-state index contributed by atoms with van der Waals surface area (Å²) >= 11 is 0. The predicted molar refractivity (Wildman–Crippen MR) is 104 cm³/mol. The molecule has 1 N–H and O–H groups in total. The Kier molecular flexibility index (Phi) is 52.9. The van der Waals surface area contributed by atoms with Crippen LogP contribution < -0.4 is 0 Å². The number of terminal acetylenes is 1. The molecule has 0 aromatic heterocycles. The van der Waals surface area contributed by atoms with Crippen molar-refractivity contribution in [2.24, 2.45) is 0 Å². The molecular weight excluding hydrogens is 441 g/mol. The van der Waals surface area contributed by atoms with Crippen molar-refractivity contribution >= 4 is 0 Å². The van der Waals surface area contributed by atoms with Gasteiger partial charge in [-0.15, -0.1) is 12.0 Å². The Morgan fingerprint density at radius 3 is 1.00 bits per heavy atom. The molecule has 28 heavy (non-hydrogen) atoms. The second-order valence-electron chi connectivity index (χ2n) is 2.62. The van der Waals surface area contributed by atoms with Gasteiger partial charge in [-0.25, -0.2) is 0 Å². The molecule has 6 heteroatoms. The summed E-state index contributed by atoms with van der Waals surface area (Å²) in [4.78, 5) is 1.75. The van der Waals surface area contributed by atoms with Gasteiger partial charge >= 0.3 is 0 Å². The summed E-state index contributed by atoms with van der Waals surface area (Å²) in [6.45, 7) is 1.70. The van der Waals surface area contributed by atoms with Crippen molar-refractivity contribution in [2.45, 2.75) is 14.4 Å². The minimum absolute atomic E-state index is 0.